The smallest absolute Gasteiger partial charge is 0.182 e. The standard InChI is InChI=1S/C11H12N2S/c1-8-3-5-10(6-4-8)13-9(2)7-12-11(13)14/h3-7H,1-2H3,(H,12,14). The molecule has 0 aliphatic carbocycles. The van der Waals surface area contributed by atoms with Crippen LogP contribution in [0.1, 0.15) is 11.3 Å². The first-order valence-corrected chi connectivity index (χ1v) is 4.93. The van der Waals surface area contributed by atoms with Gasteiger partial charge in [0.05, 0.1) is 0 Å². The Balaban J connectivity index is 2.60. The molecule has 14 heavy (non-hydrogen) atoms. The molecule has 2 nitrogen and oxygen atoms in total. The van der Waals surface area contributed by atoms with Crippen LogP contribution in [-0.4, -0.2) is 9.55 Å². The second-order valence-electron chi connectivity index (χ2n) is 3.41. The predicted octanol–water partition coefficient (Wildman–Crippen LogP) is 3.15. The Hall–Kier alpha value is -1.35. The third kappa shape index (κ3) is 1.51. The fourth-order valence-electron chi connectivity index (χ4n) is 1.47. The zero-order chi connectivity index (χ0) is 10.1. The van der Waals surface area contributed by atoms with E-state index >= 15 is 0 Å². The summed E-state index contributed by atoms with van der Waals surface area (Å²) in [5.41, 5.74) is 3.49. The maximum Gasteiger partial charge on any atom is 0.182 e. The molecule has 1 aromatic carbocycles. The molecule has 72 valence electrons. The summed E-state index contributed by atoms with van der Waals surface area (Å²) in [5, 5.41) is 0. The summed E-state index contributed by atoms with van der Waals surface area (Å²) in [6.45, 7) is 4.11. The number of nitrogens with one attached hydrogen (secondary N) is 1. The van der Waals surface area contributed by atoms with Gasteiger partial charge in [-0.05, 0) is 38.2 Å². The molecule has 0 saturated carbocycles. The minimum absolute atomic E-state index is 0.742. The van der Waals surface area contributed by atoms with Gasteiger partial charge in [-0.1, -0.05) is 17.7 Å². The highest BCUT2D eigenvalue weighted by molar-refractivity contribution is 7.71. The van der Waals surface area contributed by atoms with Crippen LogP contribution in [0.3, 0.4) is 0 Å². The second kappa shape index (κ2) is 3.42. The van der Waals surface area contributed by atoms with Crippen LogP contribution in [0.4, 0.5) is 0 Å². The minimum atomic E-state index is 0.742. The van der Waals surface area contributed by atoms with E-state index in [1.54, 1.807) is 0 Å². The molecule has 2 aromatic rings. The first-order valence-electron chi connectivity index (χ1n) is 4.52. The molecule has 1 aromatic heterocycles. The largest absolute Gasteiger partial charge is 0.337 e. The topological polar surface area (TPSA) is 20.7 Å². The zero-order valence-corrected chi connectivity index (χ0v) is 9.06. The van der Waals surface area contributed by atoms with Crippen LogP contribution in [0.15, 0.2) is 30.5 Å². The number of H-pyrrole nitrogens is 1. The number of aryl methyl sites for hydroxylation is 2. The number of benzene rings is 1. The van der Waals surface area contributed by atoms with E-state index in [0.717, 1.165) is 16.2 Å². The van der Waals surface area contributed by atoms with Gasteiger partial charge in [-0.15, -0.1) is 0 Å². The van der Waals surface area contributed by atoms with Gasteiger partial charge in [0, 0.05) is 17.6 Å². The molecular formula is C11H12N2S. The van der Waals surface area contributed by atoms with Gasteiger partial charge in [0.1, 0.15) is 0 Å². The monoisotopic (exact) mass is 204 g/mol. The Labute approximate surface area is 88.2 Å². The third-order valence-electron chi connectivity index (χ3n) is 2.25. The van der Waals surface area contributed by atoms with Gasteiger partial charge >= 0.3 is 0 Å². The molecule has 0 fully saturated rings. The van der Waals surface area contributed by atoms with Crippen LogP contribution < -0.4 is 0 Å². The fourth-order valence-corrected chi connectivity index (χ4v) is 1.78. The van der Waals surface area contributed by atoms with E-state index in [0.29, 0.717) is 0 Å². The normalized spacial score (nSPS) is 10.4. The van der Waals surface area contributed by atoms with E-state index in [2.05, 4.69) is 36.2 Å². The van der Waals surface area contributed by atoms with E-state index in [9.17, 15) is 0 Å². The summed E-state index contributed by atoms with van der Waals surface area (Å²) in [6, 6.07) is 8.32. The van der Waals surface area contributed by atoms with Gasteiger partial charge in [-0.3, -0.25) is 4.57 Å². The Kier molecular flexibility index (Phi) is 2.25. The van der Waals surface area contributed by atoms with Crippen LogP contribution in [0, 0.1) is 18.6 Å². The van der Waals surface area contributed by atoms with Crippen molar-refractivity contribution in [1.29, 1.82) is 0 Å². The van der Waals surface area contributed by atoms with Crippen molar-refractivity contribution in [1.82, 2.24) is 9.55 Å². The van der Waals surface area contributed by atoms with Crippen molar-refractivity contribution in [2.45, 2.75) is 13.8 Å². The highest BCUT2D eigenvalue weighted by Gasteiger charge is 2.00. The Morgan fingerprint density at radius 3 is 2.29 bits per heavy atom. The molecule has 1 N–H and O–H groups in total. The molecule has 0 aliphatic rings. The summed E-state index contributed by atoms with van der Waals surface area (Å²) in [4.78, 5) is 3.03. The van der Waals surface area contributed by atoms with Crippen molar-refractivity contribution in [3.8, 4) is 5.69 Å². The molecule has 0 amide bonds. The maximum atomic E-state index is 5.20. The van der Waals surface area contributed by atoms with E-state index in [4.69, 9.17) is 12.2 Å². The van der Waals surface area contributed by atoms with Gasteiger partial charge in [0.15, 0.2) is 4.77 Å². The number of nitrogens with zero attached hydrogens (tertiary/aromatic N) is 1. The number of hydrogen-bond donors (Lipinski definition) is 1. The van der Waals surface area contributed by atoms with Crippen molar-refractivity contribution >= 4 is 12.2 Å². The minimum Gasteiger partial charge on any atom is -0.337 e. The van der Waals surface area contributed by atoms with E-state index < -0.39 is 0 Å². The van der Waals surface area contributed by atoms with Gasteiger partial charge in [-0.25, -0.2) is 0 Å². The fraction of sp³-hybridized carbons (Fsp3) is 0.182. The highest BCUT2D eigenvalue weighted by Crippen LogP contribution is 2.12. The zero-order valence-electron chi connectivity index (χ0n) is 8.24. The molecule has 0 saturated heterocycles. The number of imidazole rings is 1. The summed E-state index contributed by atoms with van der Waals surface area (Å²) in [7, 11) is 0. The first kappa shape index (κ1) is 9.21. The van der Waals surface area contributed by atoms with Gasteiger partial charge in [-0.2, -0.15) is 0 Å². The average Bonchev–Trinajstić information content (AvgIpc) is 2.49. The molecule has 0 spiro atoms. The molecule has 2 rings (SSSR count). The number of aromatic amines is 1. The average molecular weight is 204 g/mol. The molecule has 0 bridgehead atoms. The van der Waals surface area contributed by atoms with E-state index in [1.165, 1.54) is 5.56 Å². The van der Waals surface area contributed by atoms with Crippen LogP contribution in [0.25, 0.3) is 5.69 Å². The Morgan fingerprint density at radius 1 is 1.14 bits per heavy atom. The lowest BCUT2D eigenvalue weighted by Gasteiger charge is -2.04. The molecule has 3 heteroatoms. The Bertz CT molecular complexity index is 491. The van der Waals surface area contributed by atoms with Crippen molar-refractivity contribution in [2.75, 3.05) is 0 Å². The second-order valence-corrected chi connectivity index (χ2v) is 3.79. The summed E-state index contributed by atoms with van der Waals surface area (Å²) < 4.78 is 2.76. The molecule has 1 heterocycles. The van der Waals surface area contributed by atoms with E-state index in [1.807, 2.05) is 17.7 Å². The molecule has 0 unspecified atom stereocenters. The maximum absolute atomic E-state index is 5.20. The molecule has 0 radical (unpaired) electrons. The highest BCUT2D eigenvalue weighted by atomic mass is 32.1. The number of aromatic nitrogens is 2. The van der Waals surface area contributed by atoms with Crippen LogP contribution in [-0.2, 0) is 0 Å². The SMILES string of the molecule is Cc1ccc(-n2c(C)c[nH]c2=S)cc1. The summed E-state index contributed by atoms with van der Waals surface area (Å²) in [6.07, 6.45) is 1.92. The number of hydrogen-bond acceptors (Lipinski definition) is 1. The quantitative estimate of drug-likeness (QED) is 0.708. The van der Waals surface area contributed by atoms with Gasteiger partial charge in [0.2, 0.25) is 0 Å². The lowest BCUT2D eigenvalue weighted by molar-refractivity contribution is 0.984. The van der Waals surface area contributed by atoms with Crippen molar-refractivity contribution in [2.24, 2.45) is 0 Å². The lowest BCUT2D eigenvalue weighted by atomic mass is 10.2. The molecule has 0 aliphatic heterocycles. The summed E-state index contributed by atoms with van der Waals surface area (Å²) >= 11 is 5.20. The van der Waals surface area contributed by atoms with Crippen LogP contribution in [0.2, 0.25) is 0 Å². The number of rotatable bonds is 1. The van der Waals surface area contributed by atoms with Crippen LogP contribution in [0.5, 0.6) is 0 Å². The lowest BCUT2D eigenvalue weighted by Crippen LogP contribution is -1.95. The molecule has 0 atom stereocenters. The van der Waals surface area contributed by atoms with Crippen molar-refractivity contribution in [3.05, 3.63) is 46.5 Å². The molecular weight excluding hydrogens is 192 g/mol. The Morgan fingerprint density at radius 2 is 1.79 bits per heavy atom. The summed E-state index contributed by atoms with van der Waals surface area (Å²) in [5.74, 6) is 0. The predicted molar refractivity (Wildman–Crippen MR) is 60.4 cm³/mol. The van der Waals surface area contributed by atoms with Crippen molar-refractivity contribution < 1.29 is 0 Å². The third-order valence-corrected chi connectivity index (χ3v) is 2.55. The first-order chi connectivity index (χ1) is 6.68. The van der Waals surface area contributed by atoms with Gasteiger partial charge < -0.3 is 4.98 Å². The van der Waals surface area contributed by atoms with E-state index in [-0.39, 0.29) is 0 Å². The van der Waals surface area contributed by atoms with Crippen molar-refractivity contribution in [3.63, 3.8) is 0 Å². The van der Waals surface area contributed by atoms with Gasteiger partial charge in [0.25, 0.3) is 0 Å². The van der Waals surface area contributed by atoms with Crippen LogP contribution >= 0.6 is 12.2 Å².